The van der Waals surface area contributed by atoms with Gasteiger partial charge in [0.2, 0.25) is 0 Å². The Kier molecular flexibility index (Phi) is 4.62. The molecule has 0 radical (unpaired) electrons. The molecule has 0 bridgehead atoms. The quantitative estimate of drug-likeness (QED) is 0.662. The Bertz CT molecular complexity index is 1180. The van der Waals surface area contributed by atoms with E-state index in [2.05, 4.69) is 29.4 Å². The van der Waals surface area contributed by atoms with Crippen molar-refractivity contribution in [3.8, 4) is 0 Å². The van der Waals surface area contributed by atoms with Gasteiger partial charge in [-0.15, -0.1) is 0 Å². The lowest BCUT2D eigenvalue weighted by molar-refractivity contribution is -0.117. The second-order valence-electron chi connectivity index (χ2n) is 6.72. The zero-order chi connectivity index (χ0) is 19.1. The van der Waals surface area contributed by atoms with Crippen molar-refractivity contribution in [1.29, 1.82) is 0 Å². The number of benzene rings is 2. The standard InChI is InChI=1S/C21H16Cl2N2O2/c1-25-21(27)17-11-19(23)18(22)10-16(17)20(24-25)9-15(26)8-12-5-6-13-3-2-4-14(13)7-12/h2,4-7,10-11H,3,8-9H2,1H3. The summed E-state index contributed by atoms with van der Waals surface area (Å²) in [5.74, 6) is 0.0236. The lowest BCUT2D eigenvalue weighted by Crippen LogP contribution is -2.23. The van der Waals surface area contributed by atoms with Crippen LogP contribution in [0.5, 0.6) is 0 Å². The third kappa shape index (κ3) is 3.43. The van der Waals surface area contributed by atoms with Crippen LogP contribution < -0.4 is 5.56 Å². The molecule has 0 unspecified atom stereocenters. The number of aryl methyl sites for hydroxylation is 1. The molecule has 0 saturated heterocycles. The van der Waals surface area contributed by atoms with Crippen molar-refractivity contribution >= 4 is 45.8 Å². The van der Waals surface area contributed by atoms with Crippen LogP contribution in [-0.4, -0.2) is 15.6 Å². The highest BCUT2D eigenvalue weighted by atomic mass is 35.5. The van der Waals surface area contributed by atoms with E-state index in [9.17, 15) is 9.59 Å². The van der Waals surface area contributed by atoms with Gasteiger partial charge in [0.15, 0.2) is 0 Å². The first-order chi connectivity index (χ1) is 12.9. The summed E-state index contributed by atoms with van der Waals surface area (Å²) in [6.07, 6.45) is 5.58. The molecule has 136 valence electrons. The summed E-state index contributed by atoms with van der Waals surface area (Å²) in [5, 5.41) is 5.89. The molecule has 0 fully saturated rings. The van der Waals surface area contributed by atoms with E-state index >= 15 is 0 Å². The van der Waals surface area contributed by atoms with Gasteiger partial charge < -0.3 is 0 Å². The van der Waals surface area contributed by atoms with Gasteiger partial charge in [-0.05, 0) is 35.2 Å². The number of allylic oxidation sites excluding steroid dienone is 1. The maximum atomic E-state index is 12.7. The number of fused-ring (bicyclic) bond motifs is 2. The molecule has 4 rings (SSSR count). The maximum Gasteiger partial charge on any atom is 0.274 e. The summed E-state index contributed by atoms with van der Waals surface area (Å²) in [4.78, 5) is 25.0. The second-order valence-corrected chi connectivity index (χ2v) is 7.53. The van der Waals surface area contributed by atoms with Crippen molar-refractivity contribution in [3.05, 3.63) is 79.2 Å². The van der Waals surface area contributed by atoms with E-state index in [-0.39, 0.29) is 17.8 Å². The molecular weight excluding hydrogens is 383 g/mol. The Morgan fingerprint density at radius 1 is 1.11 bits per heavy atom. The number of carbonyl (C=O) groups excluding carboxylic acids is 1. The third-order valence-corrected chi connectivity index (χ3v) is 5.50. The van der Waals surface area contributed by atoms with Gasteiger partial charge in [-0.2, -0.15) is 5.10 Å². The summed E-state index contributed by atoms with van der Waals surface area (Å²) < 4.78 is 1.23. The van der Waals surface area contributed by atoms with E-state index < -0.39 is 0 Å². The van der Waals surface area contributed by atoms with Crippen LogP contribution in [0, 0.1) is 0 Å². The summed E-state index contributed by atoms with van der Waals surface area (Å²) in [5.41, 5.74) is 3.68. The molecule has 1 aromatic heterocycles. The van der Waals surface area contributed by atoms with Gasteiger partial charge in [0, 0.05) is 18.9 Å². The van der Waals surface area contributed by atoms with Crippen LogP contribution in [0.1, 0.15) is 22.4 Å². The smallest absolute Gasteiger partial charge is 0.274 e. The largest absolute Gasteiger partial charge is 0.299 e. The number of aromatic nitrogens is 2. The number of carbonyl (C=O) groups is 1. The molecule has 27 heavy (non-hydrogen) atoms. The first-order valence-electron chi connectivity index (χ1n) is 8.57. The highest BCUT2D eigenvalue weighted by molar-refractivity contribution is 6.42. The van der Waals surface area contributed by atoms with Crippen molar-refractivity contribution in [2.45, 2.75) is 19.3 Å². The average molecular weight is 399 g/mol. The fraction of sp³-hybridized carbons (Fsp3) is 0.190. The minimum Gasteiger partial charge on any atom is -0.299 e. The molecule has 0 spiro atoms. The number of ketones is 1. The van der Waals surface area contributed by atoms with E-state index in [0.29, 0.717) is 32.9 Å². The van der Waals surface area contributed by atoms with E-state index in [4.69, 9.17) is 23.2 Å². The molecular formula is C21H16Cl2N2O2. The molecule has 0 atom stereocenters. The molecule has 0 amide bonds. The zero-order valence-corrected chi connectivity index (χ0v) is 16.1. The van der Waals surface area contributed by atoms with Crippen LogP contribution in [0.15, 0.2) is 41.2 Å². The Labute approximate surface area is 166 Å². The van der Waals surface area contributed by atoms with Crippen molar-refractivity contribution < 1.29 is 4.79 Å². The average Bonchev–Trinajstić information content (AvgIpc) is 3.09. The summed E-state index contributed by atoms with van der Waals surface area (Å²) in [7, 11) is 1.56. The predicted octanol–water partition coefficient (Wildman–Crippen LogP) is 4.16. The zero-order valence-electron chi connectivity index (χ0n) is 14.6. The lowest BCUT2D eigenvalue weighted by atomic mass is 9.99. The topological polar surface area (TPSA) is 52.0 Å². The number of hydrogen-bond donors (Lipinski definition) is 0. The number of Topliss-reactive ketones (excluding diaryl/α,β-unsaturated/α-hetero) is 1. The monoisotopic (exact) mass is 398 g/mol. The molecule has 1 aliphatic rings. The molecule has 3 aromatic rings. The van der Waals surface area contributed by atoms with E-state index in [1.54, 1.807) is 13.1 Å². The maximum absolute atomic E-state index is 12.7. The lowest BCUT2D eigenvalue weighted by Gasteiger charge is -2.09. The van der Waals surface area contributed by atoms with Crippen molar-refractivity contribution in [3.63, 3.8) is 0 Å². The molecule has 1 aliphatic carbocycles. The van der Waals surface area contributed by atoms with Crippen LogP contribution in [0.25, 0.3) is 16.8 Å². The molecule has 0 saturated carbocycles. The highest BCUT2D eigenvalue weighted by Gasteiger charge is 2.16. The van der Waals surface area contributed by atoms with Crippen molar-refractivity contribution in [2.24, 2.45) is 7.05 Å². The fourth-order valence-corrected chi connectivity index (χ4v) is 3.76. The Balaban J connectivity index is 1.66. The molecule has 0 aliphatic heterocycles. The fourth-order valence-electron chi connectivity index (χ4n) is 3.43. The van der Waals surface area contributed by atoms with Gasteiger partial charge in [0.1, 0.15) is 5.78 Å². The number of halogens is 2. The van der Waals surface area contributed by atoms with E-state index in [0.717, 1.165) is 12.0 Å². The second kappa shape index (κ2) is 6.95. The molecule has 1 heterocycles. The van der Waals surface area contributed by atoms with E-state index in [1.807, 2.05) is 6.07 Å². The Morgan fingerprint density at radius 2 is 1.85 bits per heavy atom. The minimum atomic E-state index is -0.273. The van der Waals surface area contributed by atoms with Crippen LogP contribution in [0.2, 0.25) is 10.0 Å². The number of hydrogen-bond acceptors (Lipinski definition) is 3. The highest BCUT2D eigenvalue weighted by Crippen LogP contribution is 2.28. The van der Waals surface area contributed by atoms with Gasteiger partial charge in [-0.1, -0.05) is 53.6 Å². The summed E-state index contributed by atoms with van der Waals surface area (Å²) >= 11 is 12.2. The van der Waals surface area contributed by atoms with Crippen molar-refractivity contribution in [2.75, 3.05) is 0 Å². The Hall–Kier alpha value is -2.43. The summed E-state index contributed by atoms with van der Waals surface area (Å²) in [6, 6.07) is 9.26. The molecule has 0 N–H and O–H groups in total. The molecule has 6 heteroatoms. The van der Waals surface area contributed by atoms with Crippen LogP contribution in [0.3, 0.4) is 0 Å². The van der Waals surface area contributed by atoms with Crippen LogP contribution in [-0.2, 0) is 31.1 Å². The van der Waals surface area contributed by atoms with Gasteiger partial charge in [-0.25, -0.2) is 4.68 Å². The SMILES string of the molecule is Cn1nc(CC(=O)Cc2ccc3c(c2)C=CC3)c2cc(Cl)c(Cl)cc2c1=O. The summed E-state index contributed by atoms with van der Waals surface area (Å²) in [6.45, 7) is 0. The van der Waals surface area contributed by atoms with Gasteiger partial charge in [-0.3, -0.25) is 9.59 Å². The van der Waals surface area contributed by atoms with Crippen LogP contribution in [0.4, 0.5) is 0 Å². The predicted molar refractivity (Wildman–Crippen MR) is 109 cm³/mol. The van der Waals surface area contributed by atoms with Crippen molar-refractivity contribution in [1.82, 2.24) is 9.78 Å². The van der Waals surface area contributed by atoms with Gasteiger partial charge in [0.05, 0.1) is 27.5 Å². The normalized spacial score (nSPS) is 12.6. The first kappa shape index (κ1) is 18.0. The molecule has 4 nitrogen and oxygen atoms in total. The molecule has 2 aromatic carbocycles. The van der Waals surface area contributed by atoms with Crippen LogP contribution >= 0.6 is 23.2 Å². The first-order valence-corrected chi connectivity index (χ1v) is 9.33. The minimum absolute atomic E-state index is 0.0236. The van der Waals surface area contributed by atoms with Gasteiger partial charge >= 0.3 is 0 Å². The number of rotatable bonds is 4. The van der Waals surface area contributed by atoms with Gasteiger partial charge in [0.25, 0.3) is 5.56 Å². The Morgan fingerprint density at radius 3 is 2.63 bits per heavy atom. The van der Waals surface area contributed by atoms with E-state index in [1.165, 1.54) is 21.9 Å². The number of nitrogens with zero attached hydrogens (tertiary/aromatic N) is 2. The third-order valence-electron chi connectivity index (χ3n) is 4.78.